The molecule has 0 aliphatic heterocycles. The van der Waals surface area contributed by atoms with E-state index in [9.17, 15) is 4.79 Å². The number of hydrogen-bond acceptors (Lipinski definition) is 5. The molecule has 6 heteroatoms. The van der Waals surface area contributed by atoms with Crippen molar-refractivity contribution in [3.05, 3.63) is 47.3 Å². The standard InChI is InChI=1S/C14H15N3O3/c1-9-7-12(13(18)19)17-14(16-9)15-8-10-3-5-11(20-2)6-4-10/h3-7H,8H2,1-2H3,(H,18,19)(H,15,16,17). The van der Waals surface area contributed by atoms with E-state index in [1.807, 2.05) is 24.3 Å². The first-order chi connectivity index (χ1) is 9.58. The first-order valence-corrected chi connectivity index (χ1v) is 6.04. The molecule has 1 heterocycles. The summed E-state index contributed by atoms with van der Waals surface area (Å²) in [6.07, 6.45) is 0. The zero-order chi connectivity index (χ0) is 14.5. The summed E-state index contributed by atoms with van der Waals surface area (Å²) in [5.41, 5.74) is 1.61. The average molecular weight is 273 g/mol. The fourth-order valence-electron chi connectivity index (χ4n) is 1.68. The van der Waals surface area contributed by atoms with Crippen molar-refractivity contribution >= 4 is 11.9 Å². The van der Waals surface area contributed by atoms with Crippen molar-refractivity contribution in [2.45, 2.75) is 13.5 Å². The van der Waals surface area contributed by atoms with E-state index in [2.05, 4.69) is 15.3 Å². The van der Waals surface area contributed by atoms with E-state index in [-0.39, 0.29) is 5.69 Å². The van der Waals surface area contributed by atoms with E-state index in [4.69, 9.17) is 9.84 Å². The van der Waals surface area contributed by atoms with E-state index in [0.717, 1.165) is 11.3 Å². The number of carboxylic acid groups (broad SMARTS) is 1. The molecule has 0 radical (unpaired) electrons. The minimum atomic E-state index is -1.07. The van der Waals surface area contributed by atoms with E-state index in [1.54, 1.807) is 14.0 Å². The highest BCUT2D eigenvalue weighted by Crippen LogP contribution is 2.12. The monoisotopic (exact) mass is 273 g/mol. The minimum absolute atomic E-state index is 0.0188. The molecule has 0 fully saturated rings. The first-order valence-electron chi connectivity index (χ1n) is 6.04. The van der Waals surface area contributed by atoms with E-state index in [0.29, 0.717) is 18.2 Å². The molecule has 0 unspecified atom stereocenters. The van der Waals surface area contributed by atoms with Crippen LogP contribution in [0.3, 0.4) is 0 Å². The largest absolute Gasteiger partial charge is 0.497 e. The molecule has 0 saturated carbocycles. The molecular weight excluding hydrogens is 258 g/mol. The van der Waals surface area contributed by atoms with Crippen LogP contribution >= 0.6 is 0 Å². The van der Waals surface area contributed by atoms with Crippen LogP contribution in [0.1, 0.15) is 21.7 Å². The maximum atomic E-state index is 10.9. The number of aromatic nitrogens is 2. The molecule has 0 spiro atoms. The quantitative estimate of drug-likeness (QED) is 0.868. The lowest BCUT2D eigenvalue weighted by Gasteiger charge is -2.07. The molecular formula is C14H15N3O3. The van der Waals surface area contributed by atoms with Crippen LogP contribution in [0.25, 0.3) is 0 Å². The Morgan fingerprint density at radius 3 is 2.60 bits per heavy atom. The summed E-state index contributed by atoms with van der Waals surface area (Å²) in [5.74, 6) is 0.0231. The Kier molecular flexibility index (Phi) is 4.14. The number of nitrogens with zero attached hydrogens (tertiary/aromatic N) is 2. The van der Waals surface area contributed by atoms with Gasteiger partial charge in [-0.2, -0.15) is 0 Å². The van der Waals surface area contributed by atoms with Gasteiger partial charge in [-0.1, -0.05) is 12.1 Å². The lowest BCUT2D eigenvalue weighted by Crippen LogP contribution is -2.09. The van der Waals surface area contributed by atoms with Crippen molar-refractivity contribution in [3.8, 4) is 5.75 Å². The Hall–Kier alpha value is -2.63. The summed E-state index contributed by atoms with van der Waals surface area (Å²) in [4.78, 5) is 19.0. The zero-order valence-electron chi connectivity index (χ0n) is 11.3. The zero-order valence-corrected chi connectivity index (χ0v) is 11.3. The predicted molar refractivity (Wildman–Crippen MR) is 74.0 cm³/mol. The molecule has 2 aromatic rings. The third-order valence-corrected chi connectivity index (χ3v) is 2.68. The normalized spacial score (nSPS) is 10.1. The second-order valence-corrected chi connectivity index (χ2v) is 4.22. The van der Waals surface area contributed by atoms with Crippen LogP contribution in [0.5, 0.6) is 5.75 Å². The van der Waals surface area contributed by atoms with Crippen molar-refractivity contribution in [3.63, 3.8) is 0 Å². The maximum Gasteiger partial charge on any atom is 0.354 e. The molecule has 0 atom stereocenters. The average Bonchev–Trinajstić information content (AvgIpc) is 2.45. The van der Waals surface area contributed by atoms with Crippen molar-refractivity contribution in [1.82, 2.24) is 9.97 Å². The summed E-state index contributed by atoms with van der Waals surface area (Å²) in [6.45, 7) is 2.24. The van der Waals surface area contributed by atoms with Crippen LogP contribution < -0.4 is 10.1 Å². The number of ether oxygens (including phenoxy) is 1. The number of aryl methyl sites for hydroxylation is 1. The third-order valence-electron chi connectivity index (χ3n) is 2.68. The number of carbonyl (C=O) groups is 1. The summed E-state index contributed by atoms with van der Waals surface area (Å²) < 4.78 is 5.08. The van der Waals surface area contributed by atoms with Crippen LogP contribution in [0.4, 0.5) is 5.95 Å². The first kappa shape index (κ1) is 13.8. The SMILES string of the molecule is COc1ccc(CNc2nc(C)cc(C(=O)O)n2)cc1. The number of hydrogen-bond donors (Lipinski definition) is 2. The summed E-state index contributed by atoms with van der Waals surface area (Å²) in [5, 5.41) is 12.0. The Morgan fingerprint density at radius 2 is 2.00 bits per heavy atom. The number of carboxylic acids is 1. The number of aromatic carboxylic acids is 1. The second kappa shape index (κ2) is 6.01. The Bertz CT molecular complexity index is 612. The summed E-state index contributed by atoms with van der Waals surface area (Å²) >= 11 is 0. The molecule has 20 heavy (non-hydrogen) atoms. The summed E-state index contributed by atoms with van der Waals surface area (Å²) in [6, 6.07) is 8.98. The minimum Gasteiger partial charge on any atom is -0.497 e. The second-order valence-electron chi connectivity index (χ2n) is 4.22. The number of methoxy groups -OCH3 is 1. The molecule has 1 aromatic heterocycles. The van der Waals surface area contributed by atoms with Gasteiger partial charge in [-0.15, -0.1) is 0 Å². The molecule has 2 rings (SSSR count). The topological polar surface area (TPSA) is 84.3 Å². The van der Waals surface area contributed by atoms with Crippen molar-refractivity contribution < 1.29 is 14.6 Å². The van der Waals surface area contributed by atoms with Gasteiger partial charge in [-0.25, -0.2) is 14.8 Å². The van der Waals surface area contributed by atoms with Crippen LogP contribution in [-0.4, -0.2) is 28.2 Å². The van der Waals surface area contributed by atoms with Crippen LogP contribution in [0.15, 0.2) is 30.3 Å². The van der Waals surface area contributed by atoms with Gasteiger partial charge in [0, 0.05) is 12.2 Å². The van der Waals surface area contributed by atoms with Gasteiger partial charge in [0.05, 0.1) is 7.11 Å². The lowest BCUT2D eigenvalue weighted by atomic mass is 10.2. The van der Waals surface area contributed by atoms with Gasteiger partial charge in [0.1, 0.15) is 5.75 Å². The Balaban J connectivity index is 2.08. The Morgan fingerprint density at radius 1 is 1.30 bits per heavy atom. The van der Waals surface area contributed by atoms with Gasteiger partial charge < -0.3 is 15.2 Å². The highest BCUT2D eigenvalue weighted by atomic mass is 16.5. The van der Waals surface area contributed by atoms with Gasteiger partial charge in [0.15, 0.2) is 5.69 Å². The van der Waals surface area contributed by atoms with Crippen LogP contribution in [0, 0.1) is 6.92 Å². The molecule has 0 aliphatic carbocycles. The molecule has 0 bridgehead atoms. The highest BCUT2D eigenvalue weighted by molar-refractivity contribution is 5.85. The van der Waals surface area contributed by atoms with Gasteiger partial charge in [-0.3, -0.25) is 0 Å². The van der Waals surface area contributed by atoms with Crippen molar-refractivity contribution in [2.75, 3.05) is 12.4 Å². The van der Waals surface area contributed by atoms with Crippen LogP contribution in [-0.2, 0) is 6.54 Å². The van der Waals surface area contributed by atoms with E-state index < -0.39 is 5.97 Å². The smallest absolute Gasteiger partial charge is 0.354 e. The Labute approximate surface area is 116 Å². The fraction of sp³-hybridized carbons (Fsp3) is 0.214. The number of rotatable bonds is 5. The van der Waals surface area contributed by atoms with Gasteiger partial charge >= 0.3 is 5.97 Å². The molecule has 0 amide bonds. The van der Waals surface area contributed by atoms with Crippen molar-refractivity contribution in [1.29, 1.82) is 0 Å². The molecule has 0 saturated heterocycles. The lowest BCUT2D eigenvalue weighted by molar-refractivity contribution is 0.0690. The van der Waals surface area contributed by atoms with Gasteiger partial charge in [-0.05, 0) is 30.7 Å². The molecule has 1 aromatic carbocycles. The number of benzene rings is 1. The van der Waals surface area contributed by atoms with Gasteiger partial charge in [0.2, 0.25) is 5.95 Å². The van der Waals surface area contributed by atoms with Crippen LogP contribution in [0.2, 0.25) is 0 Å². The molecule has 6 nitrogen and oxygen atoms in total. The van der Waals surface area contributed by atoms with Crippen molar-refractivity contribution in [2.24, 2.45) is 0 Å². The highest BCUT2D eigenvalue weighted by Gasteiger charge is 2.08. The van der Waals surface area contributed by atoms with E-state index >= 15 is 0 Å². The third kappa shape index (κ3) is 3.44. The number of nitrogens with one attached hydrogen (secondary N) is 1. The maximum absolute atomic E-state index is 10.9. The van der Waals surface area contributed by atoms with Gasteiger partial charge in [0.25, 0.3) is 0 Å². The summed E-state index contributed by atoms with van der Waals surface area (Å²) in [7, 11) is 1.61. The molecule has 0 aliphatic rings. The molecule has 104 valence electrons. The predicted octanol–water partition coefficient (Wildman–Crippen LogP) is 2.10. The fourth-order valence-corrected chi connectivity index (χ4v) is 1.68. The number of anilines is 1. The van der Waals surface area contributed by atoms with E-state index in [1.165, 1.54) is 6.07 Å². The molecule has 2 N–H and O–H groups in total.